The van der Waals surface area contributed by atoms with Crippen LogP contribution in [-0.4, -0.2) is 46.3 Å². The first kappa shape index (κ1) is 31.0. The second-order valence-electron chi connectivity index (χ2n) is 9.97. The van der Waals surface area contributed by atoms with E-state index in [0.29, 0.717) is 50.6 Å². The summed E-state index contributed by atoms with van der Waals surface area (Å²) >= 11 is 2.07. The highest BCUT2D eigenvalue weighted by atomic mass is 127. The summed E-state index contributed by atoms with van der Waals surface area (Å²) in [7, 11) is 0. The van der Waals surface area contributed by atoms with Crippen molar-refractivity contribution in [1.29, 1.82) is 0 Å². The number of carboxylic acid groups (broad SMARTS) is 1. The fraction of sp³-hybridized carbons (Fsp3) is 0.312. The van der Waals surface area contributed by atoms with Crippen molar-refractivity contribution in [2.75, 3.05) is 13.2 Å². The van der Waals surface area contributed by atoms with E-state index in [0.717, 1.165) is 22.4 Å². The van der Waals surface area contributed by atoms with Gasteiger partial charge >= 0.3 is 5.97 Å². The van der Waals surface area contributed by atoms with E-state index in [1.807, 2.05) is 45.0 Å². The standard InChI is InChI=1S/C32H34IN3O6/c1-7-40-27-13-19(5)24(16-23(27)18(3)4)30-35-26-12-10-9-11-22(26)31(37)36(30)34-17-21-14-25(33)29(28(15-21)41-8-2)42-20(6)32(38)39/h9-18,20H,7-8H2,1-6H3,(H,38,39)/t20-/m1/s1. The molecule has 0 amide bonds. The van der Waals surface area contributed by atoms with Gasteiger partial charge in [-0.25, -0.2) is 9.78 Å². The molecule has 0 saturated heterocycles. The van der Waals surface area contributed by atoms with E-state index < -0.39 is 12.1 Å². The first-order valence-electron chi connectivity index (χ1n) is 13.7. The molecule has 42 heavy (non-hydrogen) atoms. The van der Waals surface area contributed by atoms with Crippen LogP contribution in [0.15, 0.2) is 58.4 Å². The van der Waals surface area contributed by atoms with E-state index in [1.54, 1.807) is 30.5 Å². The molecule has 220 valence electrons. The first-order chi connectivity index (χ1) is 20.0. The van der Waals surface area contributed by atoms with Crippen molar-refractivity contribution < 1.29 is 24.1 Å². The molecule has 1 heterocycles. The molecule has 1 N–H and O–H groups in total. The van der Waals surface area contributed by atoms with Crippen molar-refractivity contribution in [3.63, 3.8) is 0 Å². The lowest BCUT2D eigenvalue weighted by atomic mass is 9.96. The number of aliphatic carboxylic acids is 1. The maximum atomic E-state index is 13.8. The van der Waals surface area contributed by atoms with Crippen LogP contribution in [0.1, 0.15) is 57.2 Å². The van der Waals surface area contributed by atoms with Gasteiger partial charge in [-0.1, -0.05) is 26.0 Å². The van der Waals surface area contributed by atoms with Gasteiger partial charge in [-0.2, -0.15) is 9.78 Å². The lowest BCUT2D eigenvalue weighted by Gasteiger charge is -2.18. The zero-order chi connectivity index (χ0) is 30.6. The van der Waals surface area contributed by atoms with Crippen molar-refractivity contribution in [3.05, 3.63) is 79.1 Å². The maximum Gasteiger partial charge on any atom is 0.344 e. The average molecular weight is 684 g/mol. The molecule has 0 aliphatic rings. The van der Waals surface area contributed by atoms with E-state index >= 15 is 0 Å². The summed E-state index contributed by atoms with van der Waals surface area (Å²) in [5.74, 6) is 1.03. The summed E-state index contributed by atoms with van der Waals surface area (Å²) in [5, 5.41) is 14.4. The number of hydrogen-bond donors (Lipinski definition) is 1. The molecule has 1 atom stereocenters. The van der Waals surface area contributed by atoms with Crippen molar-refractivity contribution in [3.8, 4) is 28.6 Å². The lowest BCUT2D eigenvalue weighted by molar-refractivity contribution is -0.144. The Morgan fingerprint density at radius 1 is 1.07 bits per heavy atom. The van der Waals surface area contributed by atoms with Crippen molar-refractivity contribution in [2.45, 2.75) is 53.6 Å². The van der Waals surface area contributed by atoms with Gasteiger partial charge in [-0.15, -0.1) is 0 Å². The number of fused-ring (bicyclic) bond motifs is 1. The number of rotatable bonds is 11. The summed E-state index contributed by atoms with van der Waals surface area (Å²) in [5.41, 5.74) is 3.59. The third-order valence-electron chi connectivity index (χ3n) is 6.57. The van der Waals surface area contributed by atoms with Crippen LogP contribution in [0.2, 0.25) is 0 Å². The minimum absolute atomic E-state index is 0.179. The quantitative estimate of drug-likeness (QED) is 0.140. The van der Waals surface area contributed by atoms with Crippen LogP contribution in [-0.2, 0) is 4.79 Å². The Labute approximate surface area is 258 Å². The molecule has 0 spiro atoms. The third-order valence-corrected chi connectivity index (χ3v) is 7.37. The van der Waals surface area contributed by atoms with Crippen LogP contribution >= 0.6 is 22.6 Å². The molecular formula is C32H34IN3O6. The molecule has 0 aliphatic carbocycles. The predicted molar refractivity (Wildman–Crippen MR) is 172 cm³/mol. The number of aromatic nitrogens is 2. The van der Waals surface area contributed by atoms with Gasteiger partial charge in [0.1, 0.15) is 5.75 Å². The number of benzene rings is 3. The minimum Gasteiger partial charge on any atom is -0.494 e. The normalized spacial score (nSPS) is 12.2. The van der Waals surface area contributed by atoms with Crippen LogP contribution in [0.25, 0.3) is 22.3 Å². The molecule has 0 saturated carbocycles. The number of carboxylic acids is 1. The van der Waals surface area contributed by atoms with Crippen molar-refractivity contribution in [2.24, 2.45) is 5.10 Å². The molecule has 4 rings (SSSR count). The molecule has 4 aromatic rings. The Morgan fingerprint density at radius 2 is 1.76 bits per heavy atom. The van der Waals surface area contributed by atoms with E-state index in [-0.39, 0.29) is 11.5 Å². The van der Waals surface area contributed by atoms with Crippen LogP contribution in [0.5, 0.6) is 17.2 Å². The molecule has 0 radical (unpaired) electrons. The molecule has 10 heteroatoms. The number of nitrogens with zero attached hydrogens (tertiary/aromatic N) is 3. The molecular weight excluding hydrogens is 649 g/mol. The fourth-order valence-corrected chi connectivity index (χ4v) is 5.22. The van der Waals surface area contributed by atoms with E-state index in [9.17, 15) is 14.7 Å². The maximum absolute atomic E-state index is 13.8. The van der Waals surface area contributed by atoms with Gasteiger partial charge in [-0.3, -0.25) is 4.79 Å². The molecule has 0 fully saturated rings. The highest BCUT2D eigenvalue weighted by Crippen LogP contribution is 2.36. The molecule has 3 aromatic carbocycles. The van der Waals surface area contributed by atoms with Gasteiger partial charge in [0, 0.05) is 5.56 Å². The lowest BCUT2D eigenvalue weighted by Crippen LogP contribution is -2.23. The highest BCUT2D eigenvalue weighted by molar-refractivity contribution is 14.1. The Hall–Kier alpha value is -3.93. The van der Waals surface area contributed by atoms with Gasteiger partial charge in [-0.05, 0) is 109 Å². The van der Waals surface area contributed by atoms with Crippen molar-refractivity contribution in [1.82, 2.24) is 9.66 Å². The minimum atomic E-state index is -1.08. The summed E-state index contributed by atoms with van der Waals surface area (Å²) in [6, 6.07) is 14.7. The van der Waals surface area contributed by atoms with Gasteiger partial charge in [0.05, 0.1) is 33.9 Å². The molecule has 0 unspecified atom stereocenters. The van der Waals surface area contributed by atoms with Crippen LogP contribution < -0.4 is 19.8 Å². The second kappa shape index (κ2) is 13.4. The summed E-state index contributed by atoms with van der Waals surface area (Å²) in [6.07, 6.45) is 0.499. The predicted octanol–water partition coefficient (Wildman–Crippen LogP) is 6.63. The molecule has 0 aliphatic heterocycles. The van der Waals surface area contributed by atoms with E-state index in [4.69, 9.17) is 19.2 Å². The average Bonchev–Trinajstić information content (AvgIpc) is 2.94. The zero-order valence-corrected chi connectivity index (χ0v) is 26.6. The van der Waals surface area contributed by atoms with E-state index in [2.05, 4.69) is 41.5 Å². The summed E-state index contributed by atoms with van der Waals surface area (Å²) in [6.45, 7) is 12.3. The molecule has 0 bridgehead atoms. The third kappa shape index (κ3) is 6.59. The Bertz CT molecular complexity index is 1710. The number of ether oxygens (including phenoxy) is 3. The number of para-hydroxylation sites is 1. The van der Waals surface area contributed by atoms with Crippen LogP contribution in [0.3, 0.4) is 0 Å². The first-order valence-corrected chi connectivity index (χ1v) is 14.8. The van der Waals surface area contributed by atoms with Gasteiger partial charge < -0.3 is 19.3 Å². The topological polar surface area (TPSA) is 112 Å². The number of hydrogen-bond acceptors (Lipinski definition) is 7. The Morgan fingerprint density at radius 3 is 2.43 bits per heavy atom. The smallest absolute Gasteiger partial charge is 0.344 e. The fourth-order valence-electron chi connectivity index (χ4n) is 4.47. The van der Waals surface area contributed by atoms with Gasteiger partial charge in [0.25, 0.3) is 5.56 Å². The van der Waals surface area contributed by atoms with E-state index in [1.165, 1.54) is 11.6 Å². The molecule has 1 aromatic heterocycles. The van der Waals surface area contributed by atoms with Crippen LogP contribution in [0.4, 0.5) is 0 Å². The Kier molecular flexibility index (Phi) is 9.87. The number of carbonyl (C=O) groups is 1. The largest absolute Gasteiger partial charge is 0.494 e. The summed E-state index contributed by atoms with van der Waals surface area (Å²) < 4.78 is 19.3. The zero-order valence-electron chi connectivity index (χ0n) is 24.5. The Balaban J connectivity index is 1.90. The van der Waals surface area contributed by atoms with Crippen LogP contribution in [0, 0.1) is 10.5 Å². The van der Waals surface area contributed by atoms with Gasteiger partial charge in [0.2, 0.25) is 0 Å². The second-order valence-corrected chi connectivity index (χ2v) is 11.1. The highest BCUT2D eigenvalue weighted by Gasteiger charge is 2.21. The number of aryl methyl sites for hydroxylation is 1. The number of halogens is 1. The SMILES string of the molecule is CCOc1cc(C)c(-c2nc3ccccc3c(=O)n2N=Cc2cc(I)c(O[C@H](C)C(=O)O)c(OCC)c2)cc1C(C)C. The molecule has 9 nitrogen and oxygen atoms in total. The summed E-state index contributed by atoms with van der Waals surface area (Å²) in [4.78, 5) is 30.1. The monoisotopic (exact) mass is 683 g/mol. The van der Waals surface area contributed by atoms with Gasteiger partial charge in [0.15, 0.2) is 23.4 Å². The van der Waals surface area contributed by atoms with Crippen molar-refractivity contribution >= 4 is 45.7 Å².